The first-order valence-corrected chi connectivity index (χ1v) is 4.62. The van der Waals surface area contributed by atoms with Gasteiger partial charge < -0.3 is 0 Å². The highest BCUT2D eigenvalue weighted by Crippen LogP contribution is 2.17. The maximum atomic E-state index is 10.9. The van der Waals surface area contributed by atoms with Crippen LogP contribution in [-0.2, 0) is 4.79 Å². The number of anilines is 1. The summed E-state index contributed by atoms with van der Waals surface area (Å²) in [6.45, 7) is 1.29. The van der Waals surface area contributed by atoms with Crippen LogP contribution in [0.5, 0.6) is 0 Å². The van der Waals surface area contributed by atoms with Crippen molar-refractivity contribution in [1.29, 1.82) is 0 Å². The predicted molar refractivity (Wildman–Crippen MR) is 58.1 cm³/mol. The molecule has 0 aliphatic rings. The molecular weight excluding hydrogens is 283 g/mol. The van der Waals surface area contributed by atoms with Crippen LogP contribution in [-0.4, -0.2) is 5.91 Å². The van der Waals surface area contributed by atoms with Crippen molar-refractivity contribution in [1.82, 2.24) is 0 Å². The molecule has 1 rings (SSSR count). The van der Waals surface area contributed by atoms with E-state index in [0.29, 0.717) is 5.69 Å². The van der Waals surface area contributed by atoms with Gasteiger partial charge in [0.15, 0.2) is 0 Å². The Kier molecular flexibility index (Phi) is 3.35. The van der Waals surface area contributed by atoms with Gasteiger partial charge in [-0.3, -0.25) is 4.79 Å². The third-order valence-corrected chi connectivity index (χ3v) is 2.10. The standard InChI is InChI=1S/C8H7IN2O2/c1-6(12)11(10-13)8-4-2-3-7(9)5-8/h2-5H,1H3. The monoisotopic (exact) mass is 290 g/mol. The van der Waals surface area contributed by atoms with Gasteiger partial charge in [-0.15, -0.1) is 4.91 Å². The molecule has 0 radical (unpaired) electrons. The first-order chi connectivity index (χ1) is 6.15. The van der Waals surface area contributed by atoms with Gasteiger partial charge in [0.1, 0.15) is 0 Å². The van der Waals surface area contributed by atoms with E-state index in [4.69, 9.17) is 0 Å². The second-order valence-electron chi connectivity index (χ2n) is 2.39. The molecule has 0 N–H and O–H groups in total. The van der Waals surface area contributed by atoms with Gasteiger partial charge in [-0.1, -0.05) is 6.07 Å². The van der Waals surface area contributed by atoms with E-state index in [1.807, 2.05) is 6.07 Å². The van der Waals surface area contributed by atoms with Crippen LogP contribution in [0.3, 0.4) is 0 Å². The van der Waals surface area contributed by atoms with E-state index in [9.17, 15) is 9.70 Å². The number of halogens is 1. The van der Waals surface area contributed by atoms with Crippen LogP contribution in [0.15, 0.2) is 29.6 Å². The molecule has 1 aromatic rings. The number of nitrogens with zero attached hydrogens (tertiary/aromatic N) is 2. The first-order valence-electron chi connectivity index (χ1n) is 3.54. The lowest BCUT2D eigenvalue weighted by molar-refractivity contribution is -0.116. The van der Waals surface area contributed by atoms with Crippen molar-refractivity contribution in [2.45, 2.75) is 6.92 Å². The molecule has 0 aliphatic carbocycles. The maximum absolute atomic E-state index is 10.9. The highest BCUT2D eigenvalue weighted by atomic mass is 127. The van der Waals surface area contributed by atoms with Crippen LogP contribution in [0, 0.1) is 8.48 Å². The molecule has 0 spiro atoms. The highest BCUT2D eigenvalue weighted by molar-refractivity contribution is 14.1. The molecule has 1 amide bonds. The Morgan fingerprint density at radius 1 is 1.54 bits per heavy atom. The molecule has 0 saturated carbocycles. The maximum Gasteiger partial charge on any atom is 0.246 e. The fourth-order valence-electron chi connectivity index (χ4n) is 0.894. The zero-order chi connectivity index (χ0) is 9.84. The average molecular weight is 290 g/mol. The Hall–Kier alpha value is -0.980. The fraction of sp³-hybridized carbons (Fsp3) is 0.125. The Labute approximate surface area is 89.0 Å². The van der Waals surface area contributed by atoms with Gasteiger partial charge in [0, 0.05) is 10.5 Å². The minimum atomic E-state index is -0.392. The molecule has 0 heterocycles. The zero-order valence-corrected chi connectivity index (χ0v) is 9.06. The Morgan fingerprint density at radius 2 is 2.23 bits per heavy atom. The van der Waals surface area contributed by atoms with E-state index in [1.165, 1.54) is 6.92 Å². The number of hydrogen-bond donors (Lipinski definition) is 0. The van der Waals surface area contributed by atoms with Gasteiger partial charge in [0.25, 0.3) is 0 Å². The normalized spacial score (nSPS) is 9.38. The minimum absolute atomic E-state index is 0.392. The van der Waals surface area contributed by atoms with Crippen LogP contribution >= 0.6 is 22.6 Å². The van der Waals surface area contributed by atoms with Crippen LogP contribution < -0.4 is 5.01 Å². The summed E-state index contributed by atoms with van der Waals surface area (Å²) < 4.78 is 0.949. The average Bonchev–Trinajstić information content (AvgIpc) is 2.04. The molecule has 0 saturated heterocycles. The van der Waals surface area contributed by atoms with Crippen LogP contribution in [0.25, 0.3) is 0 Å². The lowest BCUT2D eigenvalue weighted by Crippen LogP contribution is -2.21. The smallest absolute Gasteiger partial charge is 0.246 e. The molecule has 0 fully saturated rings. The zero-order valence-electron chi connectivity index (χ0n) is 6.90. The third-order valence-electron chi connectivity index (χ3n) is 1.43. The fourth-order valence-corrected chi connectivity index (χ4v) is 1.42. The van der Waals surface area contributed by atoms with Gasteiger partial charge in [-0.05, 0) is 40.8 Å². The second kappa shape index (κ2) is 4.31. The Morgan fingerprint density at radius 3 is 2.69 bits per heavy atom. The van der Waals surface area contributed by atoms with Gasteiger partial charge in [-0.2, -0.15) is 5.01 Å². The Balaban J connectivity index is 3.04. The summed E-state index contributed by atoms with van der Waals surface area (Å²) >= 11 is 2.10. The highest BCUT2D eigenvalue weighted by Gasteiger charge is 2.10. The summed E-state index contributed by atoms with van der Waals surface area (Å²) in [6, 6.07) is 7.00. The summed E-state index contributed by atoms with van der Waals surface area (Å²) in [6.07, 6.45) is 0. The van der Waals surface area contributed by atoms with Gasteiger partial charge >= 0.3 is 0 Å². The Bertz CT molecular complexity index is 341. The van der Waals surface area contributed by atoms with Gasteiger partial charge in [0.05, 0.1) is 11.0 Å². The van der Waals surface area contributed by atoms with Crippen LogP contribution in [0.4, 0.5) is 5.69 Å². The summed E-state index contributed by atoms with van der Waals surface area (Å²) in [7, 11) is 0. The predicted octanol–water partition coefficient (Wildman–Crippen LogP) is 2.33. The number of amides is 1. The van der Waals surface area contributed by atoms with Crippen LogP contribution in [0.1, 0.15) is 6.92 Å². The van der Waals surface area contributed by atoms with E-state index in [1.54, 1.807) is 18.2 Å². The van der Waals surface area contributed by atoms with Crippen molar-refractivity contribution < 1.29 is 4.79 Å². The van der Waals surface area contributed by atoms with Crippen molar-refractivity contribution in [2.75, 3.05) is 5.01 Å². The van der Waals surface area contributed by atoms with Crippen molar-refractivity contribution in [3.63, 3.8) is 0 Å². The largest absolute Gasteiger partial charge is 0.273 e. The van der Waals surface area contributed by atoms with Crippen molar-refractivity contribution in [3.05, 3.63) is 32.7 Å². The SMILES string of the molecule is CC(=O)N(N=O)c1cccc(I)c1. The quantitative estimate of drug-likeness (QED) is 0.477. The second-order valence-corrected chi connectivity index (χ2v) is 3.64. The van der Waals surface area contributed by atoms with E-state index in [2.05, 4.69) is 27.9 Å². The summed E-state index contributed by atoms with van der Waals surface area (Å²) in [5, 5.41) is 3.45. The molecule has 0 aromatic heterocycles. The number of nitroso groups, excluding NO2 is 1. The molecule has 0 bridgehead atoms. The topological polar surface area (TPSA) is 49.7 Å². The summed E-state index contributed by atoms with van der Waals surface area (Å²) in [5.41, 5.74) is 0.495. The number of rotatable bonds is 2. The van der Waals surface area contributed by atoms with Crippen molar-refractivity contribution in [3.8, 4) is 0 Å². The number of carbonyl (C=O) groups excluding carboxylic acids is 1. The molecular formula is C8H7IN2O2. The molecule has 4 nitrogen and oxygen atoms in total. The summed E-state index contributed by atoms with van der Waals surface area (Å²) in [5.74, 6) is -0.392. The molecule has 5 heteroatoms. The first kappa shape index (κ1) is 10.1. The molecule has 0 unspecified atom stereocenters. The van der Waals surface area contributed by atoms with Crippen molar-refractivity contribution in [2.24, 2.45) is 5.29 Å². The van der Waals surface area contributed by atoms with Crippen molar-refractivity contribution >= 4 is 34.2 Å². The number of hydrogen-bond acceptors (Lipinski definition) is 3. The number of benzene rings is 1. The minimum Gasteiger partial charge on any atom is -0.273 e. The van der Waals surface area contributed by atoms with Gasteiger partial charge in [0.2, 0.25) is 5.91 Å². The molecule has 0 atom stereocenters. The third kappa shape index (κ3) is 2.48. The molecule has 13 heavy (non-hydrogen) atoms. The summed E-state index contributed by atoms with van der Waals surface area (Å²) in [4.78, 5) is 21.2. The lowest BCUT2D eigenvalue weighted by atomic mass is 10.3. The van der Waals surface area contributed by atoms with Gasteiger partial charge in [-0.25, -0.2) is 0 Å². The van der Waals surface area contributed by atoms with Crippen LogP contribution in [0.2, 0.25) is 0 Å². The number of carbonyl (C=O) groups is 1. The lowest BCUT2D eigenvalue weighted by Gasteiger charge is -2.10. The van der Waals surface area contributed by atoms with E-state index >= 15 is 0 Å². The van der Waals surface area contributed by atoms with E-state index < -0.39 is 5.91 Å². The molecule has 1 aromatic carbocycles. The molecule has 68 valence electrons. The molecule has 0 aliphatic heterocycles. The van der Waals surface area contributed by atoms with E-state index in [-0.39, 0.29) is 0 Å². The van der Waals surface area contributed by atoms with E-state index in [0.717, 1.165) is 8.58 Å².